The lowest BCUT2D eigenvalue weighted by molar-refractivity contribution is 0.0693. The fourth-order valence-electron chi connectivity index (χ4n) is 4.29. The van der Waals surface area contributed by atoms with Crippen LogP contribution in [0.15, 0.2) is 29.2 Å². The van der Waals surface area contributed by atoms with Crippen LogP contribution in [0.3, 0.4) is 0 Å². The van der Waals surface area contributed by atoms with Gasteiger partial charge in [0.25, 0.3) is 0 Å². The number of benzene rings is 1. The number of carboxylic acids is 1. The van der Waals surface area contributed by atoms with Crippen LogP contribution in [0.25, 0.3) is 0 Å². The van der Waals surface area contributed by atoms with E-state index < -0.39 is 5.97 Å². The Hall–Kier alpha value is -0.960. The lowest BCUT2D eigenvalue weighted by Gasteiger charge is -2.10. The summed E-state index contributed by atoms with van der Waals surface area (Å²) in [5, 5.41) is 9.50. The van der Waals surface area contributed by atoms with Crippen LogP contribution in [0.4, 0.5) is 0 Å². The maximum absolute atomic E-state index is 11.6. The average molecular weight is 450 g/mol. The van der Waals surface area contributed by atoms with E-state index in [9.17, 15) is 9.90 Å². The van der Waals surface area contributed by atoms with Crippen molar-refractivity contribution >= 4 is 16.9 Å². The SMILES string of the molecule is CCCCCCCCCCCCCCCCCC[S+](CCC)c1ccccc1C(=O)O. The zero-order valence-corrected chi connectivity index (χ0v) is 21.3. The zero-order valence-electron chi connectivity index (χ0n) is 20.5. The van der Waals surface area contributed by atoms with Gasteiger partial charge in [0.15, 0.2) is 4.90 Å². The topological polar surface area (TPSA) is 37.3 Å². The fourth-order valence-corrected chi connectivity index (χ4v) is 6.71. The number of carbonyl (C=O) groups is 1. The molecule has 0 amide bonds. The second-order valence-electron chi connectivity index (χ2n) is 9.01. The fraction of sp³-hybridized carbons (Fsp3) is 0.750. The van der Waals surface area contributed by atoms with E-state index in [-0.39, 0.29) is 10.9 Å². The molecular weight excluding hydrogens is 400 g/mol. The minimum atomic E-state index is -0.781. The Labute approximate surface area is 196 Å². The largest absolute Gasteiger partial charge is 0.478 e. The molecule has 0 aliphatic heterocycles. The first-order chi connectivity index (χ1) is 15.2. The molecule has 3 heteroatoms. The Kier molecular flexibility index (Phi) is 17.8. The van der Waals surface area contributed by atoms with E-state index in [1.807, 2.05) is 18.2 Å². The van der Waals surface area contributed by atoms with Crippen molar-refractivity contribution in [2.45, 2.75) is 128 Å². The third-order valence-electron chi connectivity index (χ3n) is 6.12. The van der Waals surface area contributed by atoms with Crippen LogP contribution in [-0.4, -0.2) is 22.6 Å². The highest BCUT2D eigenvalue weighted by Crippen LogP contribution is 2.22. The molecule has 0 aliphatic rings. The van der Waals surface area contributed by atoms with Gasteiger partial charge in [-0.05, 0) is 31.4 Å². The summed E-state index contributed by atoms with van der Waals surface area (Å²) in [6.45, 7) is 4.49. The van der Waals surface area contributed by atoms with Gasteiger partial charge in [-0.25, -0.2) is 4.79 Å². The summed E-state index contributed by atoms with van der Waals surface area (Å²) in [6.07, 6.45) is 23.4. The van der Waals surface area contributed by atoms with E-state index in [2.05, 4.69) is 13.8 Å². The summed E-state index contributed by atoms with van der Waals surface area (Å²) in [5.41, 5.74) is 0.510. The van der Waals surface area contributed by atoms with Crippen molar-refractivity contribution in [1.82, 2.24) is 0 Å². The van der Waals surface area contributed by atoms with Crippen LogP contribution in [0.2, 0.25) is 0 Å². The smallest absolute Gasteiger partial charge is 0.340 e. The summed E-state index contributed by atoms with van der Waals surface area (Å²) in [5.74, 6) is 1.48. The molecule has 2 nitrogen and oxygen atoms in total. The number of hydrogen-bond donors (Lipinski definition) is 1. The minimum Gasteiger partial charge on any atom is -0.478 e. The second kappa shape index (κ2) is 19.7. The van der Waals surface area contributed by atoms with Gasteiger partial charge in [-0.1, -0.05) is 116 Å². The van der Waals surface area contributed by atoms with Crippen molar-refractivity contribution in [3.8, 4) is 0 Å². The minimum absolute atomic E-state index is 0.0818. The molecule has 0 aliphatic carbocycles. The number of unbranched alkanes of at least 4 members (excludes halogenated alkanes) is 15. The Morgan fingerprint density at radius 3 is 1.55 bits per heavy atom. The third-order valence-corrected chi connectivity index (χ3v) is 8.78. The van der Waals surface area contributed by atoms with Gasteiger partial charge in [-0.15, -0.1) is 0 Å². The van der Waals surface area contributed by atoms with Gasteiger partial charge in [-0.2, -0.15) is 0 Å². The molecule has 0 saturated heterocycles. The molecule has 0 bridgehead atoms. The first kappa shape index (κ1) is 28.1. The Morgan fingerprint density at radius 1 is 0.645 bits per heavy atom. The van der Waals surface area contributed by atoms with Gasteiger partial charge in [-0.3, -0.25) is 0 Å². The molecule has 0 aromatic heterocycles. The zero-order chi connectivity index (χ0) is 22.6. The first-order valence-corrected chi connectivity index (χ1v) is 14.8. The molecule has 1 N–H and O–H groups in total. The van der Waals surface area contributed by atoms with Crippen LogP contribution in [-0.2, 0) is 10.9 Å². The molecule has 1 aromatic carbocycles. The van der Waals surface area contributed by atoms with E-state index in [0.29, 0.717) is 5.56 Å². The summed E-state index contributed by atoms with van der Waals surface area (Å²) >= 11 is 0. The van der Waals surface area contributed by atoms with Gasteiger partial charge in [0.1, 0.15) is 17.1 Å². The molecule has 1 atom stereocenters. The molecule has 0 saturated carbocycles. The summed E-state index contributed by atoms with van der Waals surface area (Å²) in [4.78, 5) is 12.6. The molecule has 0 heterocycles. The Bertz CT molecular complexity index is 558. The predicted octanol–water partition coefficient (Wildman–Crippen LogP) is 9.03. The summed E-state index contributed by atoms with van der Waals surface area (Å²) in [7, 11) is 0.0818. The Morgan fingerprint density at radius 2 is 1.10 bits per heavy atom. The molecule has 1 aromatic rings. The van der Waals surface area contributed by atoms with Crippen LogP contribution in [0.5, 0.6) is 0 Å². The van der Waals surface area contributed by atoms with Crippen LogP contribution in [0, 0.1) is 0 Å². The maximum Gasteiger partial charge on any atom is 0.340 e. The number of rotatable bonds is 21. The van der Waals surface area contributed by atoms with Gasteiger partial charge < -0.3 is 5.11 Å². The Balaban J connectivity index is 2.03. The van der Waals surface area contributed by atoms with Gasteiger partial charge in [0.2, 0.25) is 0 Å². The van der Waals surface area contributed by atoms with Gasteiger partial charge in [0, 0.05) is 10.9 Å². The predicted molar refractivity (Wildman–Crippen MR) is 139 cm³/mol. The second-order valence-corrected chi connectivity index (χ2v) is 11.2. The van der Waals surface area contributed by atoms with Crippen molar-refractivity contribution in [3.63, 3.8) is 0 Å². The van der Waals surface area contributed by atoms with Gasteiger partial charge in [0.05, 0.1) is 0 Å². The van der Waals surface area contributed by atoms with Crippen molar-refractivity contribution in [2.75, 3.05) is 11.5 Å². The first-order valence-electron chi connectivity index (χ1n) is 13.2. The normalized spacial score (nSPS) is 12.2. The van der Waals surface area contributed by atoms with E-state index >= 15 is 0 Å². The standard InChI is InChI=1S/C28H48O2S/c1-3-5-6-7-8-9-10-11-12-13-14-15-16-17-18-21-25-31(24-4-2)27-23-20-19-22-26(27)28(29)30/h19-20,22-23H,3-18,21,24-25H2,1-2H3/p+1. The van der Waals surface area contributed by atoms with Crippen molar-refractivity contribution in [3.05, 3.63) is 29.8 Å². The lowest BCUT2D eigenvalue weighted by Crippen LogP contribution is -2.16. The highest BCUT2D eigenvalue weighted by molar-refractivity contribution is 7.97. The van der Waals surface area contributed by atoms with Gasteiger partial charge >= 0.3 is 5.97 Å². The van der Waals surface area contributed by atoms with E-state index in [1.54, 1.807) is 6.07 Å². The summed E-state index contributed by atoms with van der Waals surface area (Å²) < 4.78 is 0. The quantitative estimate of drug-likeness (QED) is 0.150. The molecule has 0 fully saturated rings. The van der Waals surface area contributed by atoms with Crippen LogP contribution < -0.4 is 0 Å². The average Bonchev–Trinajstić information content (AvgIpc) is 2.78. The molecule has 0 radical (unpaired) electrons. The highest BCUT2D eigenvalue weighted by atomic mass is 32.2. The molecular formula is C28H49O2S+. The van der Waals surface area contributed by atoms with E-state index in [4.69, 9.17) is 0 Å². The third kappa shape index (κ3) is 13.9. The van der Waals surface area contributed by atoms with Crippen molar-refractivity contribution in [1.29, 1.82) is 0 Å². The van der Waals surface area contributed by atoms with Crippen molar-refractivity contribution < 1.29 is 9.90 Å². The number of hydrogen-bond acceptors (Lipinski definition) is 1. The van der Waals surface area contributed by atoms with Crippen LogP contribution >= 0.6 is 0 Å². The summed E-state index contributed by atoms with van der Waals surface area (Å²) in [6, 6.07) is 7.63. The van der Waals surface area contributed by atoms with E-state index in [0.717, 1.165) is 22.8 Å². The number of carboxylic acid groups (broad SMARTS) is 1. The monoisotopic (exact) mass is 449 g/mol. The van der Waals surface area contributed by atoms with E-state index in [1.165, 1.54) is 103 Å². The molecule has 178 valence electrons. The molecule has 0 spiro atoms. The lowest BCUT2D eigenvalue weighted by atomic mass is 10.0. The number of aromatic carboxylic acids is 1. The van der Waals surface area contributed by atoms with Crippen LogP contribution in [0.1, 0.15) is 133 Å². The molecule has 1 rings (SSSR count). The van der Waals surface area contributed by atoms with Crippen molar-refractivity contribution in [2.24, 2.45) is 0 Å². The molecule has 31 heavy (non-hydrogen) atoms. The maximum atomic E-state index is 11.6. The molecule has 1 unspecified atom stereocenters. The highest BCUT2D eigenvalue weighted by Gasteiger charge is 2.26.